The van der Waals surface area contributed by atoms with Crippen molar-refractivity contribution in [2.75, 3.05) is 10.6 Å². The molecule has 110 valence electrons. The molecule has 0 spiro atoms. The molecular weight excluding hydrogens is 272 g/mol. The van der Waals surface area contributed by atoms with Crippen molar-refractivity contribution in [1.82, 2.24) is 9.97 Å². The predicted molar refractivity (Wildman–Crippen MR) is 90.3 cm³/mol. The highest BCUT2D eigenvalue weighted by Gasteiger charge is 2.00. The lowest BCUT2D eigenvalue weighted by molar-refractivity contribution is 1.08. The molecule has 4 nitrogen and oxygen atoms in total. The molecule has 3 aromatic rings. The van der Waals surface area contributed by atoms with Gasteiger partial charge in [-0.05, 0) is 24.6 Å². The number of nitrogens with one attached hydrogen (secondary N) is 2. The molecule has 0 aliphatic carbocycles. The van der Waals surface area contributed by atoms with Crippen molar-refractivity contribution in [3.63, 3.8) is 0 Å². The summed E-state index contributed by atoms with van der Waals surface area (Å²) in [5, 5.41) is 6.58. The average molecular weight is 290 g/mol. The van der Waals surface area contributed by atoms with Crippen LogP contribution in [0.25, 0.3) is 0 Å². The van der Waals surface area contributed by atoms with E-state index in [1.807, 2.05) is 36.4 Å². The monoisotopic (exact) mass is 290 g/mol. The summed E-state index contributed by atoms with van der Waals surface area (Å²) in [5.41, 5.74) is 3.50. The minimum absolute atomic E-state index is 0.740. The van der Waals surface area contributed by atoms with E-state index in [4.69, 9.17) is 0 Å². The molecule has 3 rings (SSSR count). The van der Waals surface area contributed by atoms with Crippen molar-refractivity contribution >= 4 is 17.3 Å². The van der Waals surface area contributed by atoms with Crippen LogP contribution in [0.5, 0.6) is 0 Å². The zero-order valence-corrected chi connectivity index (χ0v) is 12.5. The van der Waals surface area contributed by atoms with Gasteiger partial charge in [-0.3, -0.25) is 0 Å². The van der Waals surface area contributed by atoms with Gasteiger partial charge in [0, 0.05) is 18.3 Å². The highest BCUT2D eigenvalue weighted by Crippen LogP contribution is 2.16. The molecular formula is C18H18N4. The molecule has 0 bridgehead atoms. The Morgan fingerprint density at radius 2 is 1.68 bits per heavy atom. The highest BCUT2D eigenvalue weighted by molar-refractivity contribution is 5.58. The lowest BCUT2D eigenvalue weighted by atomic mass is 10.1. The predicted octanol–water partition coefficient (Wildman–Crippen LogP) is 4.14. The summed E-state index contributed by atoms with van der Waals surface area (Å²) in [7, 11) is 0. The van der Waals surface area contributed by atoms with Gasteiger partial charge in [0.25, 0.3) is 0 Å². The van der Waals surface area contributed by atoms with Gasteiger partial charge >= 0.3 is 0 Å². The number of rotatable bonds is 5. The molecule has 0 amide bonds. The minimum Gasteiger partial charge on any atom is -0.366 e. The Hall–Kier alpha value is -2.88. The van der Waals surface area contributed by atoms with Crippen LogP contribution in [0.15, 0.2) is 67.0 Å². The number of benzene rings is 2. The fourth-order valence-corrected chi connectivity index (χ4v) is 2.21. The standard InChI is InChI=1S/C18H18N4/c1-14-6-5-7-15(10-14)12-19-17-11-18(21-13-20-17)22-16-8-3-2-4-9-16/h2-11,13H,12H2,1H3,(H2,19,20,21,22). The Morgan fingerprint density at radius 3 is 2.50 bits per heavy atom. The van der Waals surface area contributed by atoms with E-state index in [1.54, 1.807) is 6.33 Å². The maximum atomic E-state index is 4.26. The van der Waals surface area contributed by atoms with Crippen LogP contribution in [0.3, 0.4) is 0 Å². The van der Waals surface area contributed by atoms with Crippen molar-refractivity contribution in [3.05, 3.63) is 78.1 Å². The van der Waals surface area contributed by atoms with Crippen LogP contribution in [0.2, 0.25) is 0 Å². The van der Waals surface area contributed by atoms with E-state index < -0.39 is 0 Å². The Bertz CT molecular complexity index is 741. The van der Waals surface area contributed by atoms with Crippen molar-refractivity contribution in [2.24, 2.45) is 0 Å². The van der Waals surface area contributed by atoms with Gasteiger partial charge in [0.2, 0.25) is 0 Å². The summed E-state index contributed by atoms with van der Waals surface area (Å²) in [6, 6.07) is 20.3. The molecule has 22 heavy (non-hydrogen) atoms. The topological polar surface area (TPSA) is 49.8 Å². The second kappa shape index (κ2) is 6.72. The lowest BCUT2D eigenvalue weighted by Gasteiger charge is -2.09. The number of hydrogen-bond donors (Lipinski definition) is 2. The molecule has 0 saturated carbocycles. The van der Waals surface area contributed by atoms with Gasteiger partial charge in [0.15, 0.2) is 0 Å². The molecule has 1 aromatic heterocycles. The first-order chi connectivity index (χ1) is 10.8. The number of anilines is 3. The molecule has 2 aromatic carbocycles. The van der Waals surface area contributed by atoms with Crippen LogP contribution in [0.1, 0.15) is 11.1 Å². The van der Waals surface area contributed by atoms with Crippen LogP contribution in [-0.2, 0) is 6.54 Å². The van der Waals surface area contributed by atoms with Gasteiger partial charge in [-0.1, -0.05) is 48.0 Å². The third-order valence-corrected chi connectivity index (χ3v) is 3.27. The summed E-state index contributed by atoms with van der Waals surface area (Å²) in [6.07, 6.45) is 1.56. The fraction of sp³-hybridized carbons (Fsp3) is 0.111. The summed E-state index contributed by atoms with van der Waals surface area (Å²) in [5.74, 6) is 1.57. The lowest BCUT2D eigenvalue weighted by Crippen LogP contribution is -2.03. The molecule has 0 aliphatic rings. The van der Waals surface area contributed by atoms with E-state index in [2.05, 4.69) is 51.8 Å². The molecule has 0 aliphatic heterocycles. The largest absolute Gasteiger partial charge is 0.366 e. The van der Waals surface area contributed by atoms with Gasteiger partial charge in [-0.15, -0.1) is 0 Å². The van der Waals surface area contributed by atoms with E-state index in [9.17, 15) is 0 Å². The van der Waals surface area contributed by atoms with E-state index in [1.165, 1.54) is 11.1 Å². The Balaban J connectivity index is 1.66. The second-order valence-corrected chi connectivity index (χ2v) is 5.12. The van der Waals surface area contributed by atoms with Crippen molar-refractivity contribution in [2.45, 2.75) is 13.5 Å². The van der Waals surface area contributed by atoms with Crippen LogP contribution in [0.4, 0.5) is 17.3 Å². The molecule has 2 N–H and O–H groups in total. The summed E-state index contributed by atoms with van der Waals surface area (Å²) in [4.78, 5) is 8.50. The minimum atomic E-state index is 0.740. The van der Waals surface area contributed by atoms with Crippen LogP contribution < -0.4 is 10.6 Å². The van der Waals surface area contributed by atoms with Gasteiger partial charge in [-0.2, -0.15) is 0 Å². The van der Waals surface area contributed by atoms with E-state index >= 15 is 0 Å². The molecule has 0 unspecified atom stereocenters. The van der Waals surface area contributed by atoms with Gasteiger partial charge in [-0.25, -0.2) is 9.97 Å². The van der Waals surface area contributed by atoms with E-state index in [-0.39, 0.29) is 0 Å². The molecule has 0 saturated heterocycles. The number of nitrogens with zero attached hydrogens (tertiary/aromatic N) is 2. The average Bonchev–Trinajstić information content (AvgIpc) is 2.54. The van der Waals surface area contributed by atoms with E-state index in [0.29, 0.717) is 0 Å². The number of para-hydroxylation sites is 1. The Labute approximate surface area is 130 Å². The quantitative estimate of drug-likeness (QED) is 0.741. The van der Waals surface area contributed by atoms with Gasteiger partial charge in [0.05, 0.1) is 0 Å². The van der Waals surface area contributed by atoms with Crippen molar-refractivity contribution < 1.29 is 0 Å². The fourth-order valence-electron chi connectivity index (χ4n) is 2.21. The third kappa shape index (κ3) is 3.82. The summed E-state index contributed by atoms with van der Waals surface area (Å²) in [6.45, 7) is 2.83. The smallest absolute Gasteiger partial charge is 0.135 e. The van der Waals surface area contributed by atoms with Crippen molar-refractivity contribution in [1.29, 1.82) is 0 Å². The number of aromatic nitrogens is 2. The maximum absolute atomic E-state index is 4.26. The van der Waals surface area contributed by atoms with Crippen LogP contribution in [0, 0.1) is 6.92 Å². The SMILES string of the molecule is Cc1cccc(CNc2cc(Nc3ccccc3)ncn2)c1. The molecule has 0 fully saturated rings. The van der Waals surface area contributed by atoms with E-state index in [0.717, 1.165) is 23.9 Å². The van der Waals surface area contributed by atoms with Crippen LogP contribution >= 0.6 is 0 Å². The summed E-state index contributed by atoms with van der Waals surface area (Å²) < 4.78 is 0. The first-order valence-electron chi connectivity index (χ1n) is 7.23. The maximum Gasteiger partial charge on any atom is 0.135 e. The van der Waals surface area contributed by atoms with Gasteiger partial charge in [0.1, 0.15) is 18.0 Å². The van der Waals surface area contributed by atoms with Crippen LogP contribution in [-0.4, -0.2) is 9.97 Å². The third-order valence-electron chi connectivity index (χ3n) is 3.27. The highest BCUT2D eigenvalue weighted by atomic mass is 15.1. The van der Waals surface area contributed by atoms with Crippen molar-refractivity contribution in [3.8, 4) is 0 Å². The summed E-state index contributed by atoms with van der Waals surface area (Å²) >= 11 is 0. The van der Waals surface area contributed by atoms with Gasteiger partial charge < -0.3 is 10.6 Å². The second-order valence-electron chi connectivity index (χ2n) is 5.12. The Kier molecular flexibility index (Phi) is 4.30. The number of hydrogen-bond acceptors (Lipinski definition) is 4. The first-order valence-corrected chi connectivity index (χ1v) is 7.23. The molecule has 1 heterocycles. The molecule has 0 radical (unpaired) electrons. The molecule has 4 heteroatoms. The first kappa shape index (κ1) is 14.1. The zero-order chi connectivity index (χ0) is 15.2. The molecule has 0 atom stereocenters. The zero-order valence-electron chi connectivity index (χ0n) is 12.5. The Morgan fingerprint density at radius 1 is 0.864 bits per heavy atom. The normalized spacial score (nSPS) is 10.2. The number of aryl methyl sites for hydroxylation is 1.